The van der Waals surface area contributed by atoms with Crippen LogP contribution in [0.4, 0.5) is 0 Å². The molecule has 0 spiro atoms. The average molecular weight is 189 g/mol. The molecule has 13 heavy (non-hydrogen) atoms. The fourth-order valence-corrected chi connectivity index (χ4v) is 1.06. The van der Waals surface area contributed by atoms with Gasteiger partial charge in [-0.25, -0.2) is 0 Å². The maximum Gasteiger partial charge on any atom is 0.133 e. The van der Waals surface area contributed by atoms with Crippen LogP contribution in [0.5, 0.6) is 0 Å². The Hall–Kier alpha value is -0.410. The molecule has 0 bridgehead atoms. The first-order valence-corrected chi connectivity index (χ1v) is 4.87. The number of aldehydes is 1. The van der Waals surface area contributed by atoms with E-state index < -0.39 is 0 Å². The van der Waals surface area contributed by atoms with Gasteiger partial charge in [-0.15, -0.1) is 0 Å². The van der Waals surface area contributed by atoms with Gasteiger partial charge < -0.3 is 15.3 Å². The predicted molar refractivity (Wildman–Crippen MR) is 55.8 cm³/mol. The third-order valence-electron chi connectivity index (χ3n) is 1.60. The molecule has 1 aliphatic rings. The van der Waals surface area contributed by atoms with E-state index in [0.717, 1.165) is 0 Å². The van der Waals surface area contributed by atoms with E-state index in [2.05, 4.69) is 10.5 Å². The summed E-state index contributed by atoms with van der Waals surface area (Å²) in [4.78, 5) is 9.05. The second-order valence-electron chi connectivity index (χ2n) is 2.93. The van der Waals surface area contributed by atoms with Gasteiger partial charge in [-0.2, -0.15) is 0 Å². The van der Waals surface area contributed by atoms with Crippen LogP contribution in [0.15, 0.2) is 0 Å². The van der Waals surface area contributed by atoms with Crippen molar-refractivity contribution in [2.45, 2.75) is 38.5 Å². The molecular weight excluding hydrogens is 166 g/mol. The highest BCUT2D eigenvalue weighted by Gasteiger charge is 1.95. The molecular formula is C10H23NO2. The van der Waals surface area contributed by atoms with Crippen molar-refractivity contribution in [3.63, 3.8) is 0 Å². The van der Waals surface area contributed by atoms with Crippen LogP contribution in [-0.2, 0) is 9.53 Å². The molecule has 0 heterocycles. The third kappa shape index (κ3) is 24.5. The van der Waals surface area contributed by atoms with Crippen LogP contribution in [0.3, 0.4) is 0 Å². The lowest BCUT2D eigenvalue weighted by atomic mass is 10.0. The van der Waals surface area contributed by atoms with Gasteiger partial charge in [0.1, 0.15) is 6.29 Å². The molecule has 1 aliphatic carbocycles. The maximum atomic E-state index is 9.05. The Kier molecular flexibility index (Phi) is 20.4. The van der Waals surface area contributed by atoms with Gasteiger partial charge in [-0.05, 0) is 0 Å². The van der Waals surface area contributed by atoms with E-state index in [0.29, 0.717) is 6.29 Å². The van der Waals surface area contributed by atoms with Gasteiger partial charge >= 0.3 is 0 Å². The Morgan fingerprint density at radius 2 is 1.23 bits per heavy atom. The molecule has 1 fully saturated rings. The van der Waals surface area contributed by atoms with Crippen LogP contribution in [0, 0.1) is 0 Å². The highest BCUT2D eigenvalue weighted by atomic mass is 16.4. The topological polar surface area (TPSA) is 52.3 Å². The minimum absolute atomic E-state index is 0.139. The summed E-state index contributed by atoms with van der Waals surface area (Å²) in [5.41, 5.74) is 4.66. The van der Waals surface area contributed by atoms with E-state index in [1.54, 1.807) is 14.2 Å². The number of hydrogen-bond donors (Lipinski definition) is 1. The van der Waals surface area contributed by atoms with Gasteiger partial charge in [0.15, 0.2) is 0 Å². The van der Waals surface area contributed by atoms with Crippen LogP contribution in [0.2, 0.25) is 0 Å². The zero-order valence-electron chi connectivity index (χ0n) is 8.92. The lowest BCUT2D eigenvalue weighted by Crippen LogP contribution is -1.97. The summed E-state index contributed by atoms with van der Waals surface area (Å²) in [7, 11) is 3.25. The molecule has 2 N–H and O–H groups in total. The van der Waals surface area contributed by atoms with Crippen LogP contribution >= 0.6 is 0 Å². The summed E-state index contributed by atoms with van der Waals surface area (Å²) in [5, 5.41) is 0. The van der Waals surface area contributed by atoms with Gasteiger partial charge in [-0.3, -0.25) is 0 Å². The Morgan fingerprint density at radius 1 is 1.08 bits per heavy atom. The normalized spacial score (nSPS) is 14.4. The van der Waals surface area contributed by atoms with Crippen molar-refractivity contribution in [2.75, 3.05) is 20.8 Å². The number of nitrogens with two attached hydrogens (primary N) is 1. The standard InChI is InChI=1S/C6H12.C2H5NO.C2H6O/c1-2-4-6-5-3-1;3-1-2-4;1-3-2/h1-6H2;2H,1,3H2;1-2H3. The molecule has 0 radical (unpaired) electrons. The number of ether oxygens (including phenoxy) is 1. The lowest BCUT2D eigenvalue weighted by molar-refractivity contribution is -0.106. The number of rotatable bonds is 1. The predicted octanol–water partition coefficient (Wildman–Crippen LogP) is 1.75. The van der Waals surface area contributed by atoms with Crippen LogP contribution in [0.1, 0.15) is 38.5 Å². The van der Waals surface area contributed by atoms with Gasteiger partial charge in [0.25, 0.3) is 0 Å². The molecule has 1 rings (SSSR count). The van der Waals surface area contributed by atoms with E-state index in [4.69, 9.17) is 4.79 Å². The number of carbonyl (C=O) groups excluding carboxylic acids is 1. The number of hydrogen-bond acceptors (Lipinski definition) is 3. The molecule has 3 heteroatoms. The smallest absolute Gasteiger partial charge is 0.133 e. The van der Waals surface area contributed by atoms with Crippen molar-refractivity contribution < 1.29 is 9.53 Å². The van der Waals surface area contributed by atoms with Crippen molar-refractivity contribution in [1.29, 1.82) is 0 Å². The molecule has 0 aromatic carbocycles. The molecule has 1 saturated carbocycles. The number of methoxy groups -OCH3 is 1. The molecule has 0 aromatic rings. The summed E-state index contributed by atoms with van der Waals surface area (Å²) >= 11 is 0. The SMILES string of the molecule is C1CCCCC1.COC.NCC=O. The largest absolute Gasteiger partial charge is 0.388 e. The zero-order valence-corrected chi connectivity index (χ0v) is 8.92. The second kappa shape index (κ2) is 17.6. The molecule has 80 valence electrons. The van der Waals surface area contributed by atoms with Gasteiger partial charge in [0.2, 0.25) is 0 Å². The van der Waals surface area contributed by atoms with Crippen molar-refractivity contribution in [2.24, 2.45) is 5.73 Å². The summed E-state index contributed by atoms with van der Waals surface area (Å²) < 4.78 is 4.25. The summed E-state index contributed by atoms with van der Waals surface area (Å²) in [6.45, 7) is 0.139. The first-order chi connectivity index (χ1) is 6.33. The van der Waals surface area contributed by atoms with Crippen molar-refractivity contribution in [3.8, 4) is 0 Å². The Labute approximate surface area is 81.6 Å². The minimum atomic E-state index is 0.139. The van der Waals surface area contributed by atoms with Gasteiger partial charge in [-0.1, -0.05) is 38.5 Å². The minimum Gasteiger partial charge on any atom is -0.388 e. The van der Waals surface area contributed by atoms with E-state index in [1.165, 1.54) is 38.5 Å². The monoisotopic (exact) mass is 189 g/mol. The average Bonchev–Trinajstić information content (AvgIpc) is 2.22. The maximum absolute atomic E-state index is 9.05. The molecule has 0 saturated heterocycles. The Morgan fingerprint density at radius 3 is 1.31 bits per heavy atom. The summed E-state index contributed by atoms with van der Waals surface area (Å²) in [6.07, 6.45) is 9.65. The fourth-order valence-electron chi connectivity index (χ4n) is 1.06. The first kappa shape index (κ1) is 15.1. The highest BCUT2D eigenvalue weighted by Crippen LogP contribution is 2.15. The van der Waals surface area contributed by atoms with Crippen molar-refractivity contribution in [1.82, 2.24) is 0 Å². The second-order valence-corrected chi connectivity index (χ2v) is 2.93. The Balaban J connectivity index is 0. The zero-order chi connectivity index (χ0) is 10.4. The quantitative estimate of drug-likeness (QED) is 0.639. The summed E-state index contributed by atoms with van der Waals surface area (Å²) in [6, 6.07) is 0. The molecule has 0 aliphatic heterocycles. The van der Waals surface area contributed by atoms with Crippen molar-refractivity contribution >= 4 is 6.29 Å². The lowest BCUT2D eigenvalue weighted by Gasteiger charge is -2.05. The van der Waals surface area contributed by atoms with E-state index >= 15 is 0 Å². The van der Waals surface area contributed by atoms with E-state index in [9.17, 15) is 0 Å². The summed E-state index contributed by atoms with van der Waals surface area (Å²) in [5.74, 6) is 0. The number of carbonyl (C=O) groups is 1. The van der Waals surface area contributed by atoms with Crippen molar-refractivity contribution in [3.05, 3.63) is 0 Å². The fraction of sp³-hybridized carbons (Fsp3) is 0.900. The third-order valence-corrected chi connectivity index (χ3v) is 1.60. The Bertz CT molecular complexity index is 71.5. The van der Waals surface area contributed by atoms with Gasteiger partial charge in [0, 0.05) is 20.8 Å². The molecule has 0 atom stereocenters. The molecule has 0 unspecified atom stereocenters. The first-order valence-electron chi connectivity index (χ1n) is 4.87. The molecule has 0 aromatic heterocycles. The van der Waals surface area contributed by atoms with Crippen LogP contribution in [0.25, 0.3) is 0 Å². The van der Waals surface area contributed by atoms with E-state index in [-0.39, 0.29) is 6.54 Å². The van der Waals surface area contributed by atoms with Crippen LogP contribution < -0.4 is 5.73 Å². The van der Waals surface area contributed by atoms with Crippen LogP contribution in [-0.4, -0.2) is 27.1 Å². The van der Waals surface area contributed by atoms with E-state index in [1.807, 2.05) is 0 Å². The molecule has 0 amide bonds. The molecule has 3 nitrogen and oxygen atoms in total. The van der Waals surface area contributed by atoms with Gasteiger partial charge in [0.05, 0.1) is 0 Å². The highest BCUT2D eigenvalue weighted by molar-refractivity contribution is 5.51.